The second-order valence-electron chi connectivity index (χ2n) is 5.47. The van der Waals surface area contributed by atoms with Crippen molar-refractivity contribution in [3.8, 4) is 0 Å². The molecule has 0 fully saturated rings. The quantitative estimate of drug-likeness (QED) is 0.750. The maximum Gasteiger partial charge on any atom is 0.0510 e. The van der Waals surface area contributed by atoms with Gasteiger partial charge in [-0.3, -0.25) is 4.98 Å². The van der Waals surface area contributed by atoms with Crippen LogP contribution in [-0.4, -0.2) is 11.0 Å². The van der Waals surface area contributed by atoms with Crippen molar-refractivity contribution in [3.05, 3.63) is 53.3 Å². The molecule has 1 aromatic heterocycles. The van der Waals surface area contributed by atoms with Crippen molar-refractivity contribution in [2.24, 2.45) is 0 Å². The number of aryl methyl sites for hydroxylation is 2. The van der Waals surface area contributed by atoms with Crippen LogP contribution < -0.4 is 4.90 Å². The summed E-state index contributed by atoms with van der Waals surface area (Å²) in [5, 5.41) is 0. The van der Waals surface area contributed by atoms with Crippen LogP contribution in [0.1, 0.15) is 30.2 Å². The van der Waals surface area contributed by atoms with Gasteiger partial charge in [0.05, 0.1) is 5.88 Å². The maximum atomic E-state index is 6.11. The third kappa shape index (κ3) is 2.29. The first kappa shape index (κ1) is 13.4. The monoisotopic (exact) mass is 286 g/mol. The van der Waals surface area contributed by atoms with E-state index in [1.165, 1.54) is 23.4 Å². The lowest BCUT2D eigenvalue weighted by molar-refractivity contribution is 0.616. The fourth-order valence-corrected chi connectivity index (χ4v) is 3.16. The molecule has 0 aliphatic carbocycles. The van der Waals surface area contributed by atoms with Gasteiger partial charge < -0.3 is 4.90 Å². The zero-order valence-electron chi connectivity index (χ0n) is 11.9. The average molecular weight is 287 g/mol. The Hall–Kier alpha value is -1.54. The first-order valence-corrected chi connectivity index (χ1v) is 7.63. The van der Waals surface area contributed by atoms with E-state index in [1.807, 2.05) is 13.1 Å². The van der Waals surface area contributed by atoms with Gasteiger partial charge in [0.2, 0.25) is 0 Å². The Balaban J connectivity index is 2.16. The number of aromatic nitrogens is 1. The van der Waals surface area contributed by atoms with Crippen LogP contribution in [-0.2, 0) is 12.3 Å². The molecular weight excluding hydrogens is 268 g/mol. The molecule has 2 heterocycles. The third-order valence-electron chi connectivity index (χ3n) is 4.03. The van der Waals surface area contributed by atoms with Crippen LogP contribution in [0.2, 0.25) is 0 Å². The number of alkyl halides is 1. The van der Waals surface area contributed by atoms with E-state index in [0.29, 0.717) is 11.9 Å². The van der Waals surface area contributed by atoms with Crippen molar-refractivity contribution in [2.45, 2.75) is 38.6 Å². The molecule has 0 spiro atoms. The van der Waals surface area contributed by atoms with Gasteiger partial charge in [-0.15, -0.1) is 11.6 Å². The van der Waals surface area contributed by atoms with Gasteiger partial charge >= 0.3 is 0 Å². The first-order valence-electron chi connectivity index (χ1n) is 7.09. The summed E-state index contributed by atoms with van der Waals surface area (Å²) in [5.41, 5.74) is 6.06. The molecule has 1 aliphatic rings. The van der Waals surface area contributed by atoms with Crippen molar-refractivity contribution in [3.63, 3.8) is 0 Å². The van der Waals surface area contributed by atoms with Crippen molar-refractivity contribution < 1.29 is 0 Å². The molecule has 3 heteroatoms. The standard InChI is InChI=1S/C17H19ClN2/c1-12-9-17(15(10-18)11-19-12)20-13(2)7-8-14-5-3-4-6-16(14)20/h3-6,9,11,13H,7-8,10H2,1-2H3. The number of rotatable bonds is 2. The number of hydrogen-bond donors (Lipinski definition) is 0. The molecule has 20 heavy (non-hydrogen) atoms. The molecule has 1 aromatic carbocycles. The molecule has 3 rings (SSSR count). The number of nitrogens with zero attached hydrogens (tertiary/aromatic N) is 2. The normalized spacial score (nSPS) is 17.9. The molecule has 0 N–H and O–H groups in total. The summed E-state index contributed by atoms with van der Waals surface area (Å²) >= 11 is 6.11. The lowest BCUT2D eigenvalue weighted by atomic mass is 9.95. The third-order valence-corrected chi connectivity index (χ3v) is 4.31. The molecule has 0 radical (unpaired) electrons. The van der Waals surface area contributed by atoms with Crippen LogP contribution in [0, 0.1) is 6.92 Å². The molecule has 1 atom stereocenters. The van der Waals surface area contributed by atoms with Gasteiger partial charge in [0, 0.05) is 34.9 Å². The van der Waals surface area contributed by atoms with Gasteiger partial charge in [-0.25, -0.2) is 0 Å². The Morgan fingerprint density at radius 2 is 2.10 bits per heavy atom. The number of anilines is 2. The zero-order valence-corrected chi connectivity index (χ0v) is 12.7. The Morgan fingerprint density at radius 3 is 2.90 bits per heavy atom. The fourth-order valence-electron chi connectivity index (χ4n) is 2.96. The minimum absolute atomic E-state index is 0.480. The molecule has 2 aromatic rings. The summed E-state index contributed by atoms with van der Waals surface area (Å²) in [7, 11) is 0. The summed E-state index contributed by atoms with van der Waals surface area (Å²) in [6, 6.07) is 11.3. The van der Waals surface area contributed by atoms with E-state index in [1.54, 1.807) is 0 Å². The van der Waals surface area contributed by atoms with E-state index in [-0.39, 0.29) is 0 Å². The van der Waals surface area contributed by atoms with Crippen molar-refractivity contribution in [1.82, 2.24) is 4.98 Å². The predicted molar refractivity (Wildman–Crippen MR) is 84.9 cm³/mol. The van der Waals surface area contributed by atoms with Gasteiger partial charge in [0.15, 0.2) is 0 Å². The number of fused-ring (bicyclic) bond motifs is 1. The highest BCUT2D eigenvalue weighted by atomic mass is 35.5. The van der Waals surface area contributed by atoms with Gasteiger partial charge in [-0.05, 0) is 44.4 Å². The molecule has 0 saturated carbocycles. The Labute approximate surface area is 125 Å². The van der Waals surface area contributed by atoms with Crippen molar-refractivity contribution in [1.29, 1.82) is 0 Å². The molecule has 1 unspecified atom stereocenters. The first-order chi connectivity index (χ1) is 9.70. The van der Waals surface area contributed by atoms with E-state index in [9.17, 15) is 0 Å². The molecule has 0 saturated heterocycles. The summed E-state index contributed by atoms with van der Waals surface area (Å²) in [6.07, 6.45) is 4.22. The van der Waals surface area contributed by atoms with Crippen LogP contribution in [0.3, 0.4) is 0 Å². The minimum Gasteiger partial charge on any atom is -0.338 e. The molecule has 0 bridgehead atoms. The highest BCUT2D eigenvalue weighted by Gasteiger charge is 2.25. The van der Waals surface area contributed by atoms with Gasteiger partial charge in [-0.2, -0.15) is 0 Å². The van der Waals surface area contributed by atoms with E-state index in [4.69, 9.17) is 11.6 Å². The van der Waals surface area contributed by atoms with E-state index < -0.39 is 0 Å². The number of halogens is 1. The lowest BCUT2D eigenvalue weighted by Crippen LogP contribution is -2.33. The van der Waals surface area contributed by atoms with Gasteiger partial charge in [0.25, 0.3) is 0 Å². The van der Waals surface area contributed by atoms with Crippen LogP contribution in [0.15, 0.2) is 36.5 Å². The molecule has 0 amide bonds. The van der Waals surface area contributed by atoms with Crippen LogP contribution in [0.4, 0.5) is 11.4 Å². The van der Waals surface area contributed by atoms with E-state index >= 15 is 0 Å². The summed E-state index contributed by atoms with van der Waals surface area (Å²) in [5.74, 6) is 0.494. The second-order valence-corrected chi connectivity index (χ2v) is 5.74. The Bertz CT molecular complexity index is 624. The molecular formula is C17H19ClN2. The number of pyridine rings is 1. The van der Waals surface area contributed by atoms with E-state index in [2.05, 4.69) is 47.1 Å². The van der Waals surface area contributed by atoms with Crippen molar-refractivity contribution in [2.75, 3.05) is 4.90 Å². The smallest absolute Gasteiger partial charge is 0.0510 e. The van der Waals surface area contributed by atoms with Crippen LogP contribution in [0.25, 0.3) is 0 Å². The van der Waals surface area contributed by atoms with Crippen molar-refractivity contribution >= 4 is 23.0 Å². The number of hydrogen-bond acceptors (Lipinski definition) is 2. The molecule has 104 valence electrons. The highest BCUT2D eigenvalue weighted by molar-refractivity contribution is 6.17. The van der Waals surface area contributed by atoms with Gasteiger partial charge in [-0.1, -0.05) is 18.2 Å². The maximum absolute atomic E-state index is 6.11. The molecule has 1 aliphatic heterocycles. The largest absolute Gasteiger partial charge is 0.338 e. The van der Waals surface area contributed by atoms with Crippen LogP contribution in [0.5, 0.6) is 0 Å². The fraction of sp³-hybridized carbons (Fsp3) is 0.353. The molecule has 2 nitrogen and oxygen atoms in total. The lowest BCUT2D eigenvalue weighted by Gasteiger charge is -2.38. The van der Waals surface area contributed by atoms with Crippen LogP contribution >= 0.6 is 11.6 Å². The zero-order chi connectivity index (χ0) is 14.1. The minimum atomic E-state index is 0.480. The second kappa shape index (κ2) is 5.45. The summed E-state index contributed by atoms with van der Waals surface area (Å²) in [6.45, 7) is 4.31. The number of benzene rings is 1. The summed E-state index contributed by atoms with van der Waals surface area (Å²) in [4.78, 5) is 6.80. The summed E-state index contributed by atoms with van der Waals surface area (Å²) < 4.78 is 0. The SMILES string of the molecule is Cc1cc(N2c3ccccc3CCC2C)c(CCl)cn1. The highest BCUT2D eigenvalue weighted by Crippen LogP contribution is 2.38. The van der Waals surface area contributed by atoms with E-state index in [0.717, 1.165) is 17.7 Å². The Morgan fingerprint density at radius 1 is 1.30 bits per heavy atom. The van der Waals surface area contributed by atoms with Gasteiger partial charge in [0.1, 0.15) is 0 Å². The predicted octanol–water partition coefficient (Wildman–Crippen LogP) is 4.60. The Kier molecular flexibility index (Phi) is 3.66. The topological polar surface area (TPSA) is 16.1 Å². The average Bonchev–Trinajstić information content (AvgIpc) is 2.47. The number of para-hydroxylation sites is 1.